The normalized spacial score (nSPS) is 15.3. The van der Waals surface area contributed by atoms with Crippen molar-refractivity contribution in [3.05, 3.63) is 58.8 Å². The van der Waals surface area contributed by atoms with E-state index in [2.05, 4.69) is 51.6 Å². The number of rotatable bonds is 3. The van der Waals surface area contributed by atoms with Crippen molar-refractivity contribution in [1.29, 1.82) is 0 Å². The van der Waals surface area contributed by atoms with Gasteiger partial charge in [-0.05, 0) is 43.7 Å². The van der Waals surface area contributed by atoms with E-state index in [-0.39, 0.29) is 0 Å². The number of nitrogens with zero attached hydrogens (tertiary/aromatic N) is 4. The van der Waals surface area contributed by atoms with Gasteiger partial charge in [-0.3, -0.25) is 0 Å². The minimum atomic E-state index is -4.50. The third-order valence-electron chi connectivity index (χ3n) is 5.18. The summed E-state index contributed by atoms with van der Waals surface area (Å²) in [7, 11) is 2.13. The fraction of sp³-hybridized carbons (Fsp3) is 0.400. The summed E-state index contributed by atoms with van der Waals surface area (Å²) in [5.74, 6) is -1.09. The zero-order valence-electron chi connectivity index (χ0n) is 15.3. The minimum Gasteiger partial charge on any atom is -0.344 e. The lowest BCUT2D eigenvalue weighted by molar-refractivity contribution is -0.145. The summed E-state index contributed by atoms with van der Waals surface area (Å²) in [6.45, 7) is 4.72. The van der Waals surface area contributed by atoms with E-state index in [9.17, 15) is 13.2 Å². The maximum absolute atomic E-state index is 12.6. The Labute approximate surface area is 155 Å². The van der Waals surface area contributed by atoms with Gasteiger partial charge in [-0.1, -0.05) is 11.6 Å². The quantitative estimate of drug-likeness (QED) is 0.695. The van der Waals surface area contributed by atoms with Crippen molar-refractivity contribution < 1.29 is 13.2 Å². The summed E-state index contributed by atoms with van der Waals surface area (Å²) >= 11 is 0. The molecule has 142 valence electrons. The summed E-state index contributed by atoms with van der Waals surface area (Å²) in [5, 5.41) is 1.28. The molecule has 0 saturated heterocycles. The fourth-order valence-electron chi connectivity index (χ4n) is 3.83. The van der Waals surface area contributed by atoms with Gasteiger partial charge >= 0.3 is 6.18 Å². The van der Waals surface area contributed by atoms with Gasteiger partial charge < -0.3 is 9.47 Å². The first-order chi connectivity index (χ1) is 12.8. The largest absolute Gasteiger partial charge is 0.451 e. The second kappa shape index (κ2) is 6.64. The summed E-state index contributed by atoms with van der Waals surface area (Å²) in [4.78, 5) is 9.26. The van der Waals surface area contributed by atoms with Crippen LogP contribution in [0.1, 0.15) is 28.2 Å². The molecule has 0 saturated carbocycles. The minimum absolute atomic E-state index is 0.595. The van der Waals surface area contributed by atoms with E-state index >= 15 is 0 Å². The molecule has 0 fully saturated rings. The highest BCUT2D eigenvalue weighted by molar-refractivity contribution is 5.86. The van der Waals surface area contributed by atoms with E-state index in [1.807, 2.05) is 0 Å². The molecule has 27 heavy (non-hydrogen) atoms. The zero-order valence-corrected chi connectivity index (χ0v) is 15.3. The van der Waals surface area contributed by atoms with Crippen molar-refractivity contribution in [1.82, 2.24) is 19.4 Å². The first kappa shape index (κ1) is 18.0. The molecule has 0 atom stereocenters. The van der Waals surface area contributed by atoms with Gasteiger partial charge in [0.05, 0.1) is 0 Å². The number of aromatic nitrogens is 3. The molecular weight excluding hydrogens is 353 g/mol. The third kappa shape index (κ3) is 3.43. The number of benzene rings is 1. The van der Waals surface area contributed by atoms with E-state index in [1.165, 1.54) is 40.1 Å². The van der Waals surface area contributed by atoms with Crippen LogP contribution in [0, 0.1) is 6.92 Å². The van der Waals surface area contributed by atoms with Crippen molar-refractivity contribution in [2.75, 3.05) is 13.6 Å². The van der Waals surface area contributed by atoms with Crippen molar-refractivity contribution in [2.24, 2.45) is 0 Å². The van der Waals surface area contributed by atoms with Crippen LogP contribution in [0.5, 0.6) is 0 Å². The second-order valence-electron chi connectivity index (χ2n) is 7.25. The van der Waals surface area contributed by atoms with Crippen LogP contribution in [0.2, 0.25) is 0 Å². The van der Waals surface area contributed by atoms with Crippen LogP contribution >= 0.6 is 0 Å². The Morgan fingerprint density at radius 2 is 1.89 bits per heavy atom. The number of aryl methyl sites for hydroxylation is 3. The van der Waals surface area contributed by atoms with E-state index < -0.39 is 12.0 Å². The zero-order chi connectivity index (χ0) is 19.2. The van der Waals surface area contributed by atoms with E-state index in [4.69, 9.17) is 0 Å². The summed E-state index contributed by atoms with van der Waals surface area (Å²) < 4.78 is 40.2. The SMILES string of the molecule is Cc1ccc2c(c1)c1c(n2CCc2cnc(C(F)(F)F)nc2)CCN(C)C1. The molecule has 4 nitrogen and oxygen atoms in total. The molecule has 0 bridgehead atoms. The van der Waals surface area contributed by atoms with Gasteiger partial charge in [-0.2, -0.15) is 13.2 Å². The van der Waals surface area contributed by atoms with Crippen LogP contribution in [0.4, 0.5) is 13.2 Å². The molecule has 1 aromatic carbocycles. The van der Waals surface area contributed by atoms with Crippen LogP contribution < -0.4 is 0 Å². The van der Waals surface area contributed by atoms with Crippen LogP contribution in [0.15, 0.2) is 30.6 Å². The molecule has 7 heteroatoms. The Morgan fingerprint density at radius 3 is 2.59 bits per heavy atom. The molecule has 0 amide bonds. The van der Waals surface area contributed by atoms with Gasteiger partial charge in [0.25, 0.3) is 0 Å². The van der Waals surface area contributed by atoms with E-state index in [0.717, 1.165) is 19.5 Å². The number of halogens is 3. The molecule has 0 radical (unpaired) electrons. The maximum atomic E-state index is 12.6. The lowest BCUT2D eigenvalue weighted by atomic mass is 10.0. The number of alkyl halides is 3. The highest BCUT2D eigenvalue weighted by Crippen LogP contribution is 2.31. The molecular formula is C20H21F3N4. The summed E-state index contributed by atoms with van der Waals surface area (Å²) in [6, 6.07) is 6.48. The first-order valence-corrected chi connectivity index (χ1v) is 9.00. The Morgan fingerprint density at radius 1 is 1.15 bits per heavy atom. The Bertz CT molecular complexity index is 974. The van der Waals surface area contributed by atoms with Crippen molar-refractivity contribution in [2.45, 2.75) is 39.0 Å². The van der Waals surface area contributed by atoms with Gasteiger partial charge in [0.2, 0.25) is 5.82 Å². The standard InChI is InChI=1S/C20H21F3N4/c1-13-3-4-17-15(9-13)16-12-26(2)7-6-18(16)27(17)8-5-14-10-24-19(25-11-14)20(21,22)23/h3-4,9-11H,5-8,12H2,1-2H3. The van der Waals surface area contributed by atoms with E-state index in [0.29, 0.717) is 18.5 Å². The maximum Gasteiger partial charge on any atom is 0.451 e. The molecule has 2 aromatic heterocycles. The predicted molar refractivity (Wildman–Crippen MR) is 97.5 cm³/mol. The summed E-state index contributed by atoms with van der Waals surface area (Å²) in [6.07, 6.45) is -0.364. The average molecular weight is 374 g/mol. The Balaban J connectivity index is 1.64. The third-order valence-corrected chi connectivity index (χ3v) is 5.18. The lowest BCUT2D eigenvalue weighted by Gasteiger charge is -2.24. The van der Waals surface area contributed by atoms with Crippen LogP contribution in [-0.2, 0) is 32.1 Å². The Kier molecular flexibility index (Phi) is 4.42. The van der Waals surface area contributed by atoms with Crippen LogP contribution in [-0.4, -0.2) is 33.0 Å². The van der Waals surface area contributed by atoms with Crippen molar-refractivity contribution in [3.63, 3.8) is 0 Å². The topological polar surface area (TPSA) is 34.0 Å². The molecule has 4 rings (SSSR count). The Hall–Kier alpha value is -2.41. The highest BCUT2D eigenvalue weighted by atomic mass is 19.4. The number of hydrogen-bond acceptors (Lipinski definition) is 3. The molecule has 3 aromatic rings. The highest BCUT2D eigenvalue weighted by Gasteiger charge is 2.34. The van der Waals surface area contributed by atoms with Crippen LogP contribution in [0.3, 0.4) is 0 Å². The average Bonchev–Trinajstić information content (AvgIpc) is 2.92. The molecule has 0 N–H and O–H groups in total. The number of fused-ring (bicyclic) bond motifs is 3. The smallest absolute Gasteiger partial charge is 0.344 e. The van der Waals surface area contributed by atoms with E-state index in [1.54, 1.807) is 0 Å². The first-order valence-electron chi connectivity index (χ1n) is 9.00. The van der Waals surface area contributed by atoms with Gasteiger partial charge in [0.1, 0.15) is 0 Å². The monoisotopic (exact) mass is 374 g/mol. The van der Waals surface area contributed by atoms with Crippen molar-refractivity contribution in [3.8, 4) is 0 Å². The van der Waals surface area contributed by atoms with Gasteiger partial charge in [0, 0.05) is 55.0 Å². The van der Waals surface area contributed by atoms with Gasteiger partial charge in [-0.25, -0.2) is 9.97 Å². The molecule has 3 heterocycles. The molecule has 1 aliphatic heterocycles. The van der Waals surface area contributed by atoms with Crippen LogP contribution in [0.25, 0.3) is 10.9 Å². The second-order valence-corrected chi connectivity index (χ2v) is 7.25. The molecule has 0 unspecified atom stereocenters. The van der Waals surface area contributed by atoms with Gasteiger partial charge in [-0.15, -0.1) is 0 Å². The molecule has 1 aliphatic rings. The summed E-state index contributed by atoms with van der Waals surface area (Å²) in [5.41, 5.74) is 5.83. The lowest BCUT2D eigenvalue weighted by Crippen LogP contribution is -2.27. The molecule has 0 aliphatic carbocycles. The number of likely N-dealkylation sites (N-methyl/N-ethyl adjacent to an activating group) is 1. The predicted octanol–water partition coefficient (Wildman–Crippen LogP) is 3.99. The fourth-order valence-corrected chi connectivity index (χ4v) is 3.83. The van der Waals surface area contributed by atoms with Gasteiger partial charge in [0.15, 0.2) is 0 Å². The van der Waals surface area contributed by atoms with Crippen molar-refractivity contribution >= 4 is 10.9 Å². The number of hydrogen-bond donors (Lipinski definition) is 0. The molecule has 0 spiro atoms.